The summed E-state index contributed by atoms with van der Waals surface area (Å²) >= 11 is 0. The summed E-state index contributed by atoms with van der Waals surface area (Å²) in [5.41, 5.74) is -0.267. The third kappa shape index (κ3) is 4.04. The first-order valence-electron chi connectivity index (χ1n) is 11.0. The molecule has 29 heavy (non-hydrogen) atoms. The molecule has 0 bridgehead atoms. The summed E-state index contributed by atoms with van der Waals surface area (Å²) in [6.45, 7) is 4.62. The highest BCUT2D eigenvalue weighted by atomic mass is 16.5. The van der Waals surface area contributed by atoms with E-state index < -0.39 is 0 Å². The van der Waals surface area contributed by atoms with E-state index in [0.29, 0.717) is 38.5 Å². The highest BCUT2D eigenvalue weighted by molar-refractivity contribution is 5.78. The maximum atomic E-state index is 13.1. The largest absolute Gasteiger partial charge is 0.375 e. The van der Waals surface area contributed by atoms with Gasteiger partial charge in [0.15, 0.2) is 5.82 Å². The number of ether oxygens (including phenoxy) is 1. The van der Waals surface area contributed by atoms with Crippen molar-refractivity contribution in [2.24, 2.45) is 11.8 Å². The fraction of sp³-hybridized carbons (Fsp3) is 0.810. The van der Waals surface area contributed by atoms with Gasteiger partial charge in [0.05, 0.1) is 5.41 Å². The Morgan fingerprint density at radius 1 is 1.17 bits per heavy atom. The van der Waals surface area contributed by atoms with Crippen LogP contribution in [0.15, 0.2) is 0 Å². The molecule has 1 aliphatic carbocycles. The van der Waals surface area contributed by atoms with Crippen LogP contribution in [0.4, 0.5) is 0 Å². The Morgan fingerprint density at radius 3 is 2.62 bits per heavy atom. The second-order valence-electron chi connectivity index (χ2n) is 9.10. The summed E-state index contributed by atoms with van der Waals surface area (Å²) in [5, 5.41) is 7.46. The molecule has 0 radical (unpaired) electrons. The molecule has 2 amide bonds. The number of amides is 2. The lowest BCUT2D eigenvalue weighted by atomic mass is 9.72. The van der Waals surface area contributed by atoms with Crippen LogP contribution in [0.1, 0.15) is 56.6 Å². The minimum Gasteiger partial charge on any atom is -0.375 e. The number of methoxy groups -OCH3 is 1. The first-order valence-corrected chi connectivity index (χ1v) is 11.0. The minimum atomic E-state index is -0.267. The predicted molar refractivity (Wildman–Crippen MR) is 107 cm³/mol. The molecule has 0 spiro atoms. The number of aromatic nitrogens is 3. The summed E-state index contributed by atoms with van der Waals surface area (Å²) in [5.74, 6) is 2.54. The molecule has 3 aliphatic rings. The Kier molecular flexibility index (Phi) is 5.90. The lowest BCUT2D eigenvalue weighted by molar-refractivity contribution is -0.137. The summed E-state index contributed by atoms with van der Waals surface area (Å²) in [7, 11) is 1.55. The molecule has 1 aromatic rings. The number of hydrogen-bond donors (Lipinski definition) is 1. The number of fused-ring (bicyclic) bond motifs is 1. The van der Waals surface area contributed by atoms with Gasteiger partial charge in [0.25, 0.3) is 0 Å². The van der Waals surface area contributed by atoms with Crippen LogP contribution < -0.4 is 0 Å². The molecule has 160 valence electrons. The van der Waals surface area contributed by atoms with E-state index in [1.807, 2.05) is 16.7 Å². The number of nitrogens with one attached hydrogen (secondary N) is 1. The highest BCUT2D eigenvalue weighted by Crippen LogP contribution is 2.44. The van der Waals surface area contributed by atoms with Crippen molar-refractivity contribution >= 4 is 11.8 Å². The number of carbonyl (C=O) groups excluding carboxylic acids is 2. The fourth-order valence-corrected chi connectivity index (χ4v) is 5.51. The maximum Gasteiger partial charge on any atom is 0.248 e. The van der Waals surface area contributed by atoms with Crippen LogP contribution in [0.2, 0.25) is 0 Å². The molecule has 4 rings (SSSR count). The van der Waals surface area contributed by atoms with Crippen molar-refractivity contribution in [1.82, 2.24) is 25.0 Å². The second kappa shape index (κ2) is 8.42. The normalized spacial score (nSPS) is 27.9. The van der Waals surface area contributed by atoms with E-state index in [1.54, 1.807) is 7.11 Å². The van der Waals surface area contributed by atoms with Gasteiger partial charge in [-0.05, 0) is 32.1 Å². The van der Waals surface area contributed by atoms with E-state index in [9.17, 15) is 9.59 Å². The molecule has 1 aromatic heterocycles. The number of H-pyrrole nitrogens is 1. The third-order valence-corrected chi connectivity index (χ3v) is 7.17. The zero-order valence-electron chi connectivity index (χ0n) is 17.7. The van der Waals surface area contributed by atoms with Crippen molar-refractivity contribution < 1.29 is 14.3 Å². The van der Waals surface area contributed by atoms with E-state index >= 15 is 0 Å². The highest BCUT2D eigenvalue weighted by Gasteiger charge is 2.54. The molecule has 3 fully saturated rings. The molecular formula is C21H33N5O3. The van der Waals surface area contributed by atoms with E-state index in [0.717, 1.165) is 18.1 Å². The van der Waals surface area contributed by atoms with Crippen LogP contribution in [-0.4, -0.2) is 76.7 Å². The zero-order valence-corrected chi connectivity index (χ0v) is 17.7. The standard InChI is InChI=1S/C21H33N5O3/c1-15-22-20(24-23-15)21-8-9-25(19(28)13-29-2)11-17(21)12-26(14-21)18(27)10-16-6-4-3-5-7-16/h16-17H,3-14H2,1-2H3,(H,22,23,24)/t17-,21-/m1/s1. The Hall–Kier alpha value is -1.96. The molecule has 2 atom stereocenters. The monoisotopic (exact) mass is 403 g/mol. The van der Waals surface area contributed by atoms with Crippen molar-refractivity contribution in [1.29, 1.82) is 0 Å². The van der Waals surface area contributed by atoms with E-state index in [-0.39, 0.29) is 29.8 Å². The van der Waals surface area contributed by atoms with Gasteiger partial charge < -0.3 is 14.5 Å². The Balaban J connectivity index is 1.51. The molecule has 2 aliphatic heterocycles. The van der Waals surface area contributed by atoms with Crippen LogP contribution in [-0.2, 0) is 19.7 Å². The first kappa shape index (κ1) is 20.3. The average Bonchev–Trinajstić information content (AvgIpc) is 3.33. The summed E-state index contributed by atoms with van der Waals surface area (Å²) in [4.78, 5) is 34.1. The van der Waals surface area contributed by atoms with Crippen LogP contribution in [0, 0.1) is 18.8 Å². The molecule has 3 heterocycles. The lowest BCUT2D eigenvalue weighted by Gasteiger charge is -2.41. The number of hydrogen-bond acceptors (Lipinski definition) is 5. The maximum absolute atomic E-state index is 13.1. The summed E-state index contributed by atoms with van der Waals surface area (Å²) < 4.78 is 5.04. The predicted octanol–water partition coefficient (Wildman–Crippen LogP) is 1.66. The van der Waals surface area contributed by atoms with Gasteiger partial charge in [-0.3, -0.25) is 14.7 Å². The quantitative estimate of drug-likeness (QED) is 0.807. The number of rotatable bonds is 5. The average molecular weight is 404 g/mol. The lowest BCUT2D eigenvalue weighted by Crippen LogP contribution is -2.52. The number of carbonyl (C=O) groups is 2. The molecule has 1 saturated carbocycles. The van der Waals surface area contributed by atoms with Crippen LogP contribution in [0.25, 0.3) is 0 Å². The second-order valence-corrected chi connectivity index (χ2v) is 9.10. The van der Waals surface area contributed by atoms with Crippen molar-refractivity contribution in [3.8, 4) is 0 Å². The SMILES string of the molecule is COCC(=O)N1CC[C@@]2(c3n[nH]c(C)n3)CN(C(=O)CC3CCCCC3)C[C@H]2C1. The van der Waals surface area contributed by atoms with Gasteiger partial charge in [-0.2, -0.15) is 5.10 Å². The van der Waals surface area contributed by atoms with Crippen LogP contribution >= 0.6 is 0 Å². The van der Waals surface area contributed by atoms with Gasteiger partial charge >= 0.3 is 0 Å². The number of aryl methyl sites for hydroxylation is 1. The number of likely N-dealkylation sites (tertiary alicyclic amines) is 2. The topological polar surface area (TPSA) is 91.4 Å². The zero-order chi connectivity index (χ0) is 20.4. The first-order chi connectivity index (χ1) is 14.0. The third-order valence-electron chi connectivity index (χ3n) is 7.17. The number of piperidine rings is 1. The molecule has 2 saturated heterocycles. The summed E-state index contributed by atoms with van der Waals surface area (Å²) in [6, 6.07) is 0. The molecule has 0 aromatic carbocycles. The number of aromatic amines is 1. The van der Waals surface area contributed by atoms with Gasteiger partial charge in [-0.15, -0.1) is 0 Å². The van der Waals surface area contributed by atoms with Crippen LogP contribution in [0.3, 0.4) is 0 Å². The fourth-order valence-electron chi connectivity index (χ4n) is 5.51. The van der Waals surface area contributed by atoms with Gasteiger partial charge in [0.1, 0.15) is 12.4 Å². The molecule has 8 heteroatoms. The molecular weight excluding hydrogens is 370 g/mol. The van der Waals surface area contributed by atoms with Gasteiger partial charge in [-0.25, -0.2) is 4.98 Å². The molecule has 8 nitrogen and oxygen atoms in total. The van der Waals surface area contributed by atoms with Crippen molar-refractivity contribution in [3.63, 3.8) is 0 Å². The Morgan fingerprint density at radius 2 is 1.93 bits per heavy atom. The minimum absolute atomic E-state index is 0.0132. The molecule has 0 unspecified atom stereocenters. The smallest absolute Gasteiger partial charge is 0.248 e. The van der Waals surface area contributed by atoms with E-state index in [4.69, 9.17) is 4.74 Å². The van der Waals surface area contributed by atoms with E-state index in [1.165, 1.54) is 32.1 Å². The Labute approximate surface area is 172 Å². The molecule has 1 N–H and O–H groups in total. The van der Waals surface area contributed by atoms with Gasteiger partial charge in [0, 0.05) is 45.6 Å². The van der Waals surface area contributed by atoms with Crippen molar-refractivity contribution in [2.75, 3.05) is 39.9 Å². The van der Waals surface area contributed by atoms with Gasteiger partial charge in [0.2, 0.25) is 11.8 Å². The number of nitrogens with zero attached hydrogens (tertiary/aromatic N) is 4. The van der Waals surface area contributed by atoms with Crippen molar-refractivity contribution in [3.05, 3.63) is 11.6 Å². The Bertz CT molecular complexity index is 744. The van der Waals surface area contributed by atoms with Crippen molar-refractivity contribution in [2.45, 2.75) is 57.3 Å². The van der Waals surface area contributed by atoms with E-state index in [2.05, 4.69) is 15.2 Å². The summed E-state index contributed by atoms with van der Waals surface area (Å²) in [6.07, 6.45) is 7.57. The van der Waals surface area contributed by atoms with Crippen LogP contribution in [0.5, 0.6) is 0 Å². The van der Waals surface area contributed by atoms with Gasteiger partial charge in [-0.1, -0.05) is 19.3 Å².